The van der Waals surface area contributed by atoms with E-state index in [1.807, 2.05) is 0 Å². The lowest BCUT2D eigenvalue weighted by molar-refractivity contribution is -0.149. The van der Waals surface area contributed by atoms with Gasteiger partial charge in [-0.1, -0.05) is 0 Å². The number of aromatic amines is 1. The number of hydrogen-bond acceptors (Lipinski definition) is 6. The number of rotatable bonds is 2. The van der Waals surface area contributed by atoms with Gasteiger partial charge in [0.25, 0.3) is 0 Å². The van der Waals surface area contributed by atoms with E-state index in [-0.39, 0.29) is 6.10 Å². The van der Waals surface area contributed by atoms with Gasteiger partial charge in [-0.15, -0.1) is 0 Å². The second-order valence-electron chi connectivity index (χ2n) is 4.11. The summed E-state index contributed by atoms with van der Waals surface area (Å²) in [5.74, 6) is -0.0969. The van der Waals surface area contributed by atoms with Crippen LogP contribution in [0.5, 0.6) is 0 Å². The standard InChI is InChI=1S/C10H11N5O3/c11-7-6-9(13-3-12-7)15-8(14-6)4-1-2-5(18-4)10(16)17/h3-5H,1-2H2,(H,16,17)(H3,11,12,13,14,15). The zero-order valence-electron chi connectivity index (χ0n) is 9.33. The van der Waals surface area contributed by atoms with E-state index in [0.29, 0.717) is 35.6 Å². The second-order valence-corrected chi connectivity index (χ2v) is 4.11. The van der Waals surface area contributed by atoms with Gasteiger partial charge in [-0.25, -0.2) is 19.7 Å². The smallest absolute Gasteiger partial charge is 0.332 e. The highest BCUT2D eigenvalue weighted by Crippen LogP contribution is 2.32. The SMILES string of the molecule is Nc1ncnc2nc(C3CCC(C(=O)O)O3)[nH]c12. The summed E-state index contributed by atoms with van der Waals surface area (Å²) in [6.45, 7) is 0. The fourth-order valence-electron chi connectivity index (χ4n) is 2.04. The van der Waals surface area contributed by atoms with E-state index < -0.39 is 12.1 Å². The number of aliphatic carboxylic acids is 1. The molecule has 0 radical (unpaired) electrons. The number of nitrogens with zero attached hydrogens (tertiary/aromatic N) is 3. The maximum Gasteiger partial charge on any atom is 0.332 e. The van der Waals surface area contributed by atoms with E-state index in [4.69, 9.17) is 15.6 Å². The van der Waals surface area contributed by atoms with Crippen molar-refractivity contribution in [3.8, 4) is 0 Å². The molecule has 2 aromatic heterocycles. The number of anilines is 1. The number of carboxylic acids is 1. The summed E-state index contributed by atoms with van der Waals surface area (Å²) < 4.78 is 5.40. The number of nitrogens with two attached hydrogens (primary N) is 1. The lowest BCUT2D eigenvalue weighted by Gasteiger charge is -2.07. The van der Waals surface area contributed by atoms with Gasteiger partial charge in [-0.05, 0) is 12.8 Å². The first-order valence-electron chi connectivity index (χ1n) is 5.49. The highest BCUT2D eigenvalue weighted by molar-refractivity contribution is 5.81. The van der Waals surface area contributed by atoms with E-state index >= 15 is 0 Å². The molecule has 0 aromatic carbocycles. The Morgan fingerprint density at radius 3 is 3.00 bits per heavy atom. The summed E-state index contributed by atoms with van der Waals surface area (Å²) in [7, 11) is 0. The van der Waals surface area contributed by atoms with Crippen molar-refractivity contribution < 1.29 is 14.6 Å². The van der Waals surface area contributed by atoms with E-state index in [1.54, 1.807) is 0 Å². The summed E-state index contributed by atoms with van der Waals surface area (Å²) >= 11 is 0. The quantitative estimate of drug-likeness (QED) is 0.695. The van der Waals surface area contributed by atoms with Crippen LogP contribution in [0.1, 0.15) is 24.8 Å². The molecule has 0 amide bonds. The minimum absolute atomic E-state index is 0.312. The molecule has 0 bridgehead atoms. The fourth-order valence-corrected chi connectivity index (χ4v) is 2.04. The zero-order valence-corrected chi connectivity index (χ0v) is 9.33. The molecular weight excluding hydrogens is 238 g/mol. The van der Waals surface area contributed by atoms with Crippen LogP contribution in [0.25, 0.3) is 11.2 Å². The average molecular weight is 249 g/mol. The molecule has 1 fully saturated rings. The summed E-state index contributed by atoms with van der Waals surface area (Å²) in [5, 5.41) is 8.86. The topological polar surface area (TPSA) is 127 Å². The number of H-pyrrole nitrogens is 1. The Labute approximate surface area is 101 Å². The largest absolute Gasteiger partial charge is 0.479 e. The number of nitrogen functional groups attached to an aromatic ring is 1. The first-order chi connectivity index (χ1) is 8.65. The highest BCUT2D eigenvalue weighted by atomic mass is 16.5. The van der Waals surface area contributed by atoms with Crippen LogP contribution in [0.3, 0.4) is 0 Å². The molecule has 94 valence electrons. The number of hydrogen-bond donors (Lipinski definition) is 3. The van der Waals surface area contributed by atoms with Gasteiger partial charge >= 0.3 is 5.97 Å². The summed E-state index contributed by atoms with van der Waals surface area (Å²) in [6.07, 6.45) is 1.27. The van der Waals surface area contributed by atoms with Gasteiger partial charge in [0.15, 0.2) is 17.6 Å². The van der Waals surface area contributed by atoms with Crippen LogP contribution in [0.15, 0.2) is 6.33 Å². The molecule has 2 unspecified atom stereocenters. The van der Waals surface area contributed by atoms with Crippen molar-refractivity contribution >= 4 is 23.0 Å². The third kappa shape index (κ3) is 1.66. The Morgan fingerprint density at radius 2 is 2.33 bits per heavy atom. The van der Waals surface area contributed by atoms with Crippen molar-refractivity contribution in [1.82, 2.24) is 19.9 Å². The number of carboxylic acid groups (broad SMARTS) is 1. The maximum absolute atomic E-state index is 10.8. The zero-order chi connectivity index (χ0) is 12.7. The van der Waals surface area contributed by atoms with Gasteiger partial charge < -0.3 is 20.6 Å². The van der Waals surface area contributed by atoms with Crippen LogP contribution in [0, 0.1) is 0 Å². The molecule has 1 aliphatic rings. The van der Waals surface area contributed by atoms with E-state index in [2.05, 4.69) is 19.9 Å². The number of aromatic nitrogens is 4. The van der Waals surface area contributed by atoms with Crippen LogP contribution >= 0.6 is 0 Å². The lowest BCUT2D eigenvalue weighted by atomic mass is 10.2. The third-order valence-corrected chi connectivity index (χ3v) is 2.94. The Bertz CT molecular complexity index is 611. The Hall–Kier alpha value is -2.22. The number of fused-ring (bicyclic) bond motifs is 1. The predicted molar refractivity (Wildman–Crippen MR) is 60.6 cm³/mol. The predicted octanol–water partition coefficient (Wildman–Crippen LogP) is 0.240. The monoisotopic (exact) mass is 249 g/mol. The second kappa shape index (κ2) is 3.91. The molecule has 0 saturated carbocycles. The average Bonchev–Trinajstić information content (AvgIpc) is 2.95. The van der Waals surface area contributed by atoms with E-state index in [0.717, 1.165) is 0 Å². The highest BCUT2D eigenvalue weighted by Gasteiger charge is 2.33. The van der Waals surface area contributed by atoms with Crippen molar-refractivity contribution in [1.29, 1.82) is 0 Å². The van der Waals surface area contributed by atoms with Crippen LogP contribution in [0.2, 0.25) is 0 Å². The number of carbonyl (C=O) groups is 1. The fraction of sp³-hybridized carbons (Fsp3) is 0.400. The third-order valence-electron chi connectivity index (χ3n) is 2.94. The van der Waals surface area contributed by atoms with Gasteiger partial charge in [-0.3, -0.25) is 0 Å². The Kier molecular flexibility index (Phi) is 2.37. The van der Waals surface area contributed by atoms with Crippen molar-refractivity contribution in [3.05, 3.63) is 12.2 Å². The molecular formula is C10H11N5O3. The lowest BCUT2D eigenvalue weighted by Crippen LogP contribution is -2.18. The summed E-state index contributed by atoms with van der Waals surface area (Å²) in [6, 6.07) is 0. The Balaban J connectivity index is 1.92. The molecule has 0 spiro atoms. The minimum Gasteiger partial charge on any atom is -0.479 e. The molecule has 4 N–H and O–H groups in total. The number of ether oxygens (including phenoxy) is 1. The van der Waals surface area contributed by atoms with Crippen LogP contribution in [-0.4, -0.2) is 37.1 Å². The van der Waals surface area contributed by atoms with Crippen molar-refractivity contribution in [2.75, 3.05) is 5.73 Å². The van der Waals surface area contributed by atoms with Crippen LogP contribution in [-0.2, 0) is 9.53 Å². The van der Waals surface area contributed by atoms with Crippen molar-refractivity contribution in [2.24, 2.45) is 0 Å². The van der Waals surface area contributed by atoms with Gasteiger partial charge in [0, 0.05) is 0 Å². The molecule has 18 heavy (non-hydrogen) atoms. The number of imidazole rings is 1. The first kappa shape index (κ1) is 10.9. The van der Waals surface area contributed by atoms with Crippen LogP contribution < -0.4 is 5.73 Å². The molecule has 1 aliphatic heterocycles. The minimum atomic E-state index is -0.951. The molecule has 8 heteroatoms. The van der Waals surface area contributed by atoms with E-state index in [1.165, 1.54) is 6.33 Å². The molecule has 0 aliphatic carbocycles. The molecule has 3 heterocycles. The molecule has 2 aromatic rings. The van der Waals surface area contributed by atoms with E-state index in [9.17, 15) is 4.79 Å². The summed E-state index contributed by atoms with van der Waals surface area (Å²) in [4.78, 5) is 25.9. The normalized spacial score (nSPS) is 23.6. The van der Waals surface area contributed by atoms with Gasteiger partial charge in [0.1, 0.15) is 23.8 Å². The maximum atomic E-state index is 10.8. The van der Waals surface area contributed by atoms with Gasteiger partial charge in [0.2, 0.25) is 0 Å². The molecule has 3 rings (SSSR count). The summed E-state index contributed by atoms with van der Waals surface area (Å²) in [5.41, 5.74) is 6.70. The van der Waals surface area contributed by atoms with Crippen molar-refractivity contribution in [2.45, 2.75) is 25.0 Å². The Morgan fingerprint density at radius 1 is 1.50 bits per heavy atom. The molecule has 1 saturated heterocycles. The van der Waals surface area contributed by atoms with Crippen LogP contribution in [0.4, 0.5) is 5.82 Å². The number of nitrogens with one attached hydrogen (secondary N) is 1. The first-order valence-corrected chi connectivity index (χ1v) is 5.49. The molecule has 8 nitrogen and oxygen atoms in total. The molecule has 2 atom stereocenters. The van der Waals surface area contributed by atoms with Gasteiger partial charge in [-0.2, -0.15) is 0 Å². The van der Waals surface area contributed by atoms with Gasteiger partial charge in [0.05, 0.1) is 0 Å². The van der Waals surface area contributed by atoms with Crippen molar-refractivity contribution in [3.63, 3.8) is 0 Å².